The molecular weight excluding hydrogens is 860 g/mol. The van der Waals surface area contributed by atoms with E-state index in [1.807, 2.05) is 36.8 Å². The van der Waals surface area contributed by atoms with Crippen molar-refractivity contribution in [3.63, 3.8) is 0 Å². The minimum absolute atomic E-state index is 0.0946. The predicted octanol–water partition coefficient (Wildman–Crippen LogP) is 16.2. The number of hydrogen-bond donors (Lipinski definition) is 0. The summed E-state index contributed by atoms with van der Waals surface area (Å²) in [5, 5.41) is 4.35. The third-order valence-electron chi connectivity index (χ3n) is 15.4. The van der Waals surface area contributed by atoms with E-state index in [1.165, 1.54) is 11.1 Å². The first-order valence-corrected chi connectivity index (χ1v) is 24.6. The Bertz CT molecular complexity index is 3760. The summed E-state index contributed by atoms with van der Waals surface area (Å²) in [7, 11) is 0. The quantitative estimate of drug-likeness (QED) is 0.164. The topological polar surface area (TPSA) is 59.0 Å². The van der Waals surface area contributed by atoms with E-state index in [-0.39, 0.29) is 17.5 Å². The van der Waals surface area contributed by atoms with Crippen LogP contribution in [-0.4, -0.2) is 6.71 Å². The van der Waals surface area contributed by atoms with Crippen LogP contribution < -0.4 is 26.6 Å². The maximum Gasteiger partial charge on any atom is 0.342 e. The van der Waals surface area contributed by atoms with E-state index in [4.69, 9.17) is 17.7 Å². The molecule has 4 aromatic heterocycles. The molecule has 2 aliphatic heterocycles. The first-order valence-electron chi connectivity index (χ1n) is 24.6. The number of anilines is 6. The second-order valence-electron chi connectivity index (χ2n) is 22.0. The summed E-state index contributed by atoms with van der Waals surface area (Å²) in [5.41, 5.74) is 25.4. The van der Waals surface area contributed by atoms with Crippen LogP contribution in [0.1, 0.15) is 80.5 Å². The standard InChI is InChI=1S/C63H55BN2O4/c1-34-28-49-55-50(29-34)66(57-36(3)21-25-42(38(57)5)48-33-68-52-19-15-13-17-44(48)52)59-46-31-40(63(9,10)11)23-27-54(46)70-61(59)64(55)60-58(45-30-39(62(6,7)8)22-26-53(45)69-60)65(49)56-35(2)20-24-41(37(56)4)47-32-67-51-18-14-12-16-43(47)51/h12-33H,1-11H3. The Balaban J connectivity index is 1.16. The molecule has 0 saturated heterocycles. The maximum atomic E-state index is 7.41. The molecule has 0 amide bonds. The molecule has 70 heavy (non-hydrogen) atoms. The SMILES string of the molecule is Cc1cc2c3c(c1)N(c1c(C)ccc(-c4coc5ccccc45)c1C)c1c(oc4ccc(C(C)(C)C)cc14)B3c1oc3ccc(C(C)(C)C)cc3c1N2c1c(C)ccc(-c2coc3ccccc23)c1C. The van der Waals surface area contributed by atoms with E-state index in [0.29, 0.717) is 0 Å². The van der Waals surface area contributed by atoms with Crippen LogP contribution in [0.3, 0.4) is 0 Å². The van der Waals surface area contributed by atoms with Crippen molar-refractivity contribution in [1.82, 2.24) is 0 Å². The van der Waals surface area contributed by atoms with Gasteiger partial charge in [-0.15, -0.1) is 0 Å². The number of fused-ring (bicyclic) bond motifs is 10. The van der Waals surface area contributed by atoms with Crippen molar-refractivity contribution >= 4 is 101 Å². The summed E-state index contributed by atoms with van der Waals surface area (Å²) in [5.74, 6) is 0. The van der Waals surface area contributed by atoms with Gasteiger partial charge < -0.3 is 27.5 Å². The molecule has 0 bridgehead atoms. The molecule has 6 nitrogen and oxygen atoms in total. The molecular formula is C63H55BN2O4. The Morgan fingerprint density at radius 1 is 0.414 bits per heavy atom. The van der Waals surface area contributed by atoms with Gasteiger partial charge >= 0.3 is 6.71 Å². The molecule has 2 aliphatic rings. The van der Waals surface area contributed by atoms with Gasteiger partial charge in [-0.2, -0.15) is 0 Å². The van der Waals surface area contributed by atoms with Crippen molar-refractivity contribution in [2.24, 2.45) is 0 Å². The molecule has 0 radical (unpaired) electrons. The van der Waals surface area contributed by atoms with E-state index < -0.39 is 0 Å². The molecule has 0 fully saturated rings. The van der Waals surface area contributed by atoms with Gasteiger partial charge in [0.05, 0.1) is 35.3 Å². The van der Waals surface area contributed by atoms with Gasteiger partial charge in [0.25, 0.3) is 0 Å². The van der Waals surface area contributed by atoms with Gasteiger partial charge in [-0.1, -0.05) is 114 Å². The zero-order valence-corrected chi connectivity index (χ0v) is 41.8. The van der Waals surface area contributed by atoms with Gasteiger partial charge in [0.1, 0.15) is 33.7 Å². The van der Waals surface area contributed by atoms with Crippen LogP contribution in [0.15, 0.2) is 152 Å². The van der Waals surface area contributed by atoms with Gasteiger partial charge in [-0.25, -0.2) is 0 Å². The lowest BCUT2D eigenvalue weighted by Gasteiger charge is -2.42. The fourth-order valence-electron chi connectivity index (χ4n) is 11.8. The largest absolute Gasteiger partial charge is 0.468 e. The van der Waals surface area contributed by atoms with Crippen LogP contribution >= 0.6 is 0 Å². The summed E-state index contributed by atoms with van der Waals surface area (Å²) in [4.78, 5) is 5.06. The number of benzene rings is 7. The highest BCUT2D eigenvalue weighted by molar-refractivity contribution is 6.99. The van der Waals surface area contributed by atoms with Gasteiger partial charge in [-0.05, 0) is 150 Å². The molecule has 6 heterocycles. The van der Waals surface area contributed by atoms with Crippen LogP contribution in [0, 0.1) is 34.6 Å². The molecule has 13 rings (SSSR count). The van der Waals surface area contributed by atoms with Crippen LogP contribution in [0.5, 0.6) is 0 Å². The van der Waals surface area contributed by atoms with Crippen molar-refractivity contribution in [3.05, 3.63) is 173 Å². The second kappa shape index (κ2) is 14.7. The first kappa shape index (κ1) is 42.5. The monoisotopic (exact) mass is 914 g/mol. The van der Waals surface area contributed by atoms with Crippen molar-refractivity contribution in [2.75, 3.05) is 9.80 Å². The number of para-hydroxylation sites is 2. The number of nitrogens with zero attached hydrogens (tertiary/aromatic N) is 2. The first-order chi connectivity index (χ1) is 33.6. The van der Waals surface area contributed by atoms with Crippen molar-refractivity contribution in [2.45, 2.75) is 87.0 Å². The minimum Gasteiger partial charge on any atom is -0.468 e. The Hall–Kier alpha value is -7.64. The smallest absolute Gasteiger partial charge is 0.342 e. The molecule has 7 heteroatoms. The number of hydrogen-bond acceptors (Lipinski definition) is 6. The normalized spacial score (nSPS) is 13.6. The Kier molecular flexibility index (Phi) is 8.91. The van der Waals surface area contributed by atoms with E-state index in [1.54, 1.807) is 0 Å². The van der Waals surface area contributed by atoms with Gasteiger partial charge in [0.15, 0.2) is 0 Å². The van der Waals surface area contributed by atoms with E-state index in [9.17, 15) is 0 Å². The van der Waals surface area contributed by atoms with Crippen LogP contribution in [0.4, 0.5) is 34.1 Å². The third-order valence-corrected chi connectivity index (χ3v) is 15.4. The van der Waals surface area contributed by atoms with Crippen molar-refractivity contribution < 1.29 is 17.7 Å². The molecule has 0 atom stereocenters. The van der Waals surface area contributed by atoms with E-state index in [0.717, 1.165) is 145 Å². The van der Waals surface area contributed by atoms with Crippen molar-refractivity contribution in [1.29, 1.82) is 0 Å². The van der Waals surface area contributed by atoms with E-state index in [2.05, 4.69) is 183 Å². The molecule has 0 unspecified atom stereocenters. The summed E-state index contributed by atoms with van der Waals surface area (Å²) in [6, 6.07) is 44.0. The summed E-state index contributed by atoms with van der Waals surface area (Å²) >= 11 is 0. The average Bonchev–Trinajstić information content (AvgIpc) is 4.13. The number of rotatable bonds is 4. The minimum atomic E-state index is -0.359. The lowest BCUT2D eigenvalue weighted by molar-refractivity contribution is 0.590. The molecule has 11 aromatic rings. The highest BCUT2D eigenvalue weighted by Crippen LogP contribution is 2.53. The average molecular weight is 915 g/mol. The summed E-state index contributed by atoms with van der Waals surface area (Å²) < 4.78 is 27.2. The summed E-state index contributed by atoms with van der Waals surface area (Å²) in [6.45, 7) is 24.6. The van der Waals surface area contributed by atoms with Crippen LogP contribution in [-0.2, 0) is 10.8 Å². The molecule has 0 aliphatic carbocycles. The fraction of sp³-hybridized carbons (Fsp3) is 0.206. The Labute approximate surface area is 409 Å². The molecule has 0 spiro atoms. The lowest BCUT2D eigenvalue weighted by Crippen LogP contribution is -2.60. The number of furan rings is 4. The van der Waals surface area contributed by atoms with Gasteiger partial charge in [0, 0.05) is 44.0 Å². The molecule has 344 valence electrons. The van der Waals surface area contributed by atoms with Gasteiger partial charge in [0.2, 0.25) is 0 Å². The fourth-order valence-corrected chi connectivity index (χ4v) is 11.8. The highest BCUT2D eigenvalue weighted by Gasteiger charge is 2.51. The zero-order chi connectivity index (χ0) is 48.3. The Morgan fingerprint density at radius 3 is 1.27 bits per heavy atom. The third kappa shape index (κ3) is 6.00. The van der Waals surface area contributed by atoms with Crippen LogP contribution in [0.2, 0.25) is 0 Å². The molecule has 0 N–H and O–H groups in total. The van der Waals surface area contributed by atoms with Gasteiger partial charge in [-0.3, -0.25) is 0 Å². The molecule has 0 saturated carbocycles. The maximum absolute atomic E-state index is 7.41. The zero-order valence-electron chi connectivity index (χ0n) is 41.8. The van der Waals surface area contributed by atoms with Crippen LogP contribution in [0.25, 0.3) is 66.1 Å². The predicted molar refractivity (Wildman–Crippen MR) is 292 cm³/mol. The van der Waals surface area contributed by atoms with Crippen molar-refractivity contribution in [3.8, 4) is 22.3 Å². The summed E-state index contributed by atoms with van der Waals surface area (Å²) in [6.07, 6.45) is 3.83. The number of aryl methyl sites for hydroxylation is 3. The molecule has 7 aromatic carbocycles. The van der Waals surface area contributed by atoms with E-state index >= 15 is 0 Å². The Morgan fingerprint density at radius 2 is 0.843 bits per heavy atom. The highest BCUT2D eigenvalue weighted by atomic mass is 16.4. The second-order valence-corrected chi connectivity index (χ2v) is 22.0. The lowest BCUT2D eigenvalue weighted by atomic mass is 9.37.